The lowest BCUT2D eigenvalue weighted by Crippen LogP contribution is -2.49. The van der Waals surface area contributed by atoms with Gasteiger partial charge in [-0.3, -0.25) is 19.3 Å². The third-order valence-corrected chi connectivity index (χ3v) is 4.69. The van der Waals surface area contributed by atoms with Crippen molar-refractivity contribution in [2.75, 3.05) is 45.2 Å². The molecule has 1 unspecified atom stereocenters. The first-order chi connectivity index (χ1) is 12.9. The summed E-state index contributed by atoms with van der Waals surface area (Å²) >= 11 is 0. The minimum atomic E-state index is -0.893. The highest BCUT2D eigenvalue weighted by Gasteiger charge is 2.30. The van der Waals surface area contributed by atoms with Crippen LogP contribution in [-0.4, -0.2) is 78.6 Å². The number of aliphatic carboxylic acids is 1. The van der Waals surface area contributed by atoms with Gasteiger partial charge in [-0.15, -0.1) is 0 Å². The van der Waals surface area contributed by atoms with E-state index in [0.717, 1.165) is 12.8 Å². The molecule has 1 saturated heterocycles. The van der Waals surface area contributed by atoms with Crippen LogP contribution < -0.4 is 5.32 Å². The van der Waals surface area contributed by atoms with E-state index in [-0.39, 0.29) is 30.4 Å². The minimum absolute atomic E-state index is 0.0376. The third-order valence-electron chi connectivity index (χ3n) is 4.69. The molecule has 1 saturated carbocycles. The average molecular weight is 375 g/mol. The van der Waals surface area contributed by atoms with Crippen LogP contribution in [-0.2, 0) is 14.3 Å². The quantitative estimate of drug-likeness (QED) is 0.734. The first kappa shape index (κ1) is 19.3. The van der Waals surface area contributed by atoms with Gasteiger partial charge in [-0.2, -0.15) is 0 Å². The van der Waals surface area contributed by atoms with E-state index in [0.29, 0.717) is 37.5 Å². The van der Waals surface area contributed by atoms with Crippen LogP contribution in [0, 0.1) is 5.92 Å². The molecule has 1 heterocycles. The van der Waals surface area contributed by atoms with Gasteiger partial charge < -0.3 is 20.1 Å². The number of nitrogens with one attached hydrogen (secondary N) is 1. The Balaban J connectivity index is 1.54. The number of carbonyl (C=O) groups is 3. The second-order valence-electron chi connectivity index (χ2n) is 7.18. The van der Waals surface area contributed by atoms with Crippen molar-refractivity contribution in [3.63, 3.8) is 0 Å². The normalized spacial score (nSPS) is 19.8. The number of anilines is 1. The summed E-state index contributed by atoms with van der Waals surface area (Å²) in [5, 5.41) is 11.7. The van der Waals surface area contributed by atoms with Crippen LogP contribution in [0.5, 0.6) is 0 Å². The summed E-state index contributed by atoms with van der Waals surface area (Å²) in [6.45, 7) is 1.72. The lowest BCUT2D eigenvalue weighted by atomic mass is 10.1. The van der Waals surface area contributed by atoms with Crippen molar-refractivity contribution >= 4 is 23.5 Å². The lowest BCUT2D eigenvalue weighted by Gasteiger charge is -2.34. The zero-order chi connectivity index (χ0) is 19.4. The van der Waals surface area contributed by atoms with E-state index < -0.39 is 5.97 Å². The first-order valence-electron chi connectivity index (χ1n) is 9.14. The highest BCUT2D eigenvalue weighted by atomic mass is 16.5. The number of hydrogen-bond acceptors (Lipinski definition) is 5. The molecule has 8 heteroatoms. The zero-order valence-electron chi connectivity index (χ0n) is 15.4. The van der Waals surface area contributed by atoms with E-state index >= 15 is 0 Å². The Morgan fingerprint density at radius 3 is 2.59 bits per heavy atom. The first-order valence-corrected chi connectivity index (χ1v) is 9.14. The summed E-state index contributed by atoms with van der Waals surface area (Å²) in [4.78, 5) is 38.7. The summed E-state index contributed by atoms with van der Waals surface area (Å²) in [5.41, 5.74) is 1.25. The number of nitrogens with zero attached hydrogens (tertiary/aromatic N) is 2. The van der Waals surface area contributed by atoms with Crippen molar-refractivity contribution < 1.29 is 24.2 Å². The predicted molar refractivity (Wildman–Crippen MR) is 98.6 cm³/mol. The molecule has 1 aromatic rings. The molecule has 0 spiro atoms. The van der Waals surface area contributed by atoms with Gasteiger partial charge in [-0.1, -0.05) is 0 Å². The maximum absolute atomic E-state index is 12.7. The Bertz CT molecular complexity index is 702. The fraction of sp³-hybridized carbons (Fsp3) is 0.526. The maximum atomic E-state index is 12.7. The van der Waals surface area contributed by atoms with Crippen molar-refractivity contribution in [3.8, 4) is 0 Å². The smallest absolute Gasteiger partial charge is 0.317 e. The summed E-state index contributed by atoms with van der Waals surface area (Å²) in [6, 6.07) is 6.91. The molecule has 1 aromatic carbocycles. The monoisotopic (exact) mass is 375 g/mol. The van der Waals surface area contributed by atoms with Gasteiger partial charge in [0, 0.05) is 36.8 Å². The van der Waals surface area contributed by atoms with Crippen LogP contribution in [0.3, 0.4) is 0 Å². The van der Waals surface area contributed by atoms with E-state index in [2.05, 4.69) is 5.32 Å². The van der Waals surface area contributed by atoms with Crippen molar-refractivity contribution in [1.29, 1.82) is 0 Å². The highest BCUT2D eigenvalue weighted by molar-refractivity contribution is 5.96. The van der Waals surface area contributed by atoms with Gasteiger partial charge in [0.15, 0.2) is 0 Å². The second-order valence-corrected chi connectivity index (χ2v) is 7.18. The summed E-state index contributed by atoms with van der Waals surface area (Å²) in [7, 11) is 1.72. The Morgan fingerprint density at radius 1 is 1.26 bits per heavy atom. The van der Waals surface area contributed by atoms with Gasteiger partial charge in [0.2, 0.25) is 5.91 Å². The number of benzene rings is 1. The molecule has 0 bridgehead atoms. The van der Waals surface area contributed by atoms with Crippen LogP contribution >= 0.6 is 0 Å². The van der Waals surface area contributed by atoms with Gasteiger partial charge in [-0.25, -0.2) is 0 Å². The highest BCUT2D eigenvalue weighted by Crippen LogP contribution is 2.30. The molecule has 2 N–H and O–H groups in total. The Labute approximate surface area is 158 Å². The number of amides is 2. The summed E-state index contributed by atoms with van der Waals surface area (Å²) in [6.07, 6.45) is 1.67. The number of carboxylic acids is 1. The largest absolute Gasteiger partial charge is 0.480 e. The predicted octanol–water partition coefficient (Wildman–Crippen LogP) is 0.893. The Morgan fingerprint density at radius 2 is 1.96 bits per heavy atom. The molecule has 1 aliphatic carbocycles. The molecule has 2 fully saturated rings. The number of carboxylic acid groups (broad SMARTS) is 1. The Kier molecular flexibility index (Phi) is 6.08. The SMILES string of the molecule is CN(CC(=O)O)CC1CN(C(=O)c2ccc(NC(=O)C3CC3)cc2)CCO1. The van der Waals surface area contributed by atoms with Gasteiger partial charge in [0.1, 0.15) is 0 Å². The molecule has 0 aromatic heterocycles. The number of likely N-dealkylation sites (N-methyl/N-ethyl adjacent to an activating group) is 1. The van der Waals surface area contributed by atoms with E-state index in [1.807, 2.05) is 0 Å². The second kappa shape index (κ2) is 8.49. The van der Waals surface area contributed by atoms with Crippen LogP contribution in [0.1, 0.15) is 23.2 Å². The van der Waals surface area contributed by atoms with E-state index in [9.17, 15) is 14.4 Å². The lowest BCUT2D eigenvalue weighted by molar-refractivity contribution is -0.138. The molecule has 146 valence electrons. The molecule has 2 amide bonds. The van der Waals surface area contributed by atoms with Crippen LogP contribution in [0.2, 0.25) is 0 Å². The van der Waals surface area contributed by atoms with Crippen molar-refractivity contribution in [2.24, 2.45) is 5.92 Å². The van der Waals surface area contributed by atoms with Gasteiger partial charge in [0.05, 0.1) is 19.3 Å². The van der Waals surface area contributed by atoms with Gasteiger partial charge in [-0.05, 0) is 44.2 Å². The van der Waals surface area contributed by atoms with Gasteiger partial charge >= 0.3 is 5.97 Å². The van der Waals surface area contributed by atoms with E-state index in [1.54, 1.807) is 41.1 Å². The van der Waals surface area contributed by atoms with Crippen LogP contribution in [0.4, 0.5) is 5.69 Å². The fourth-order valence-electron chi connectivity index (χ4n) is 3.13. The Hall–Kier alpha value is -2.45. The number of ether oxygens (including phenoxy) is 1. The molecule has 27 heavy (non-hydrogen) atoms. The molecular formula is C19H25N3O5. The van der Waals surface area contributed by atoms with Crippen molar-refractivity contribution in [1.82, 2.24) is 9.80 Å². The average Bonchev–Trinajstić information content (AvgIpc) is 3.46. The van der Waals surface area contributed by atoms with Crippen LogP contribution in [0.15, 0.2) is 24.3 Å². The standard InChI is InChI=1S/C19H25N3O5/c1-21(12-17(23)24)10-16-11-22(8-9-27-16)19(26)14-4-6-15(7-5-14)20-18(25)13-2-3-13/h4-7,13,16H,2-3,8-12H2,1H3,(H,20,25)(H,23,24). The molecule has 2 aliphatic rings. The minimum Gasteiger partial charge on any atom is -0.480 e. The fourth-order valence-corrected chi connectivity index (χ4v) is 3.13. The summed E-state index contributed by atoms with van der Waals surface area (Å²) < 4.78 is 5.66. The number of morpholine rings is 1. The number of hydrogen-bond donors (Lipinski definition) is 2. The topological polar surface area (TPSA) is 99.2 Å². The zero-order valence-corrected chi connectivity index (χ0v) is 15.4. The third kappa shape index (κ3) is 5.51. The summed E-state index contributed by atoms with van der Waals surface area (Å²) in [5.74, 6) is -0.814. The molecule has 3 rings (SSSR count). The maximum Gasteiger partial charge on any atom is 0.317 e. The van der Waals surface area contributed by atoms with Crippen molar-refractivity contribution in [3.05, 3.63) is 29.8 Å². The molecule has 1 atom stereocenters. The number of carbonyl (C=O) groups excluding carboxylic acids is 2. The van der Waals surface area contributed by atoms with E-state index in [1.165, 1.54) is 0 Å². The number of rotatable bonds is 7. The molecule has 0 radical (unpaired) electrons. The molecule has 8 nitrogen and oxygen atoms in total. The van der Waals surface area contributed by atoms with E-state index in [4.69, 9.17) is 9.84 Å². The van der Waals surface area contributed by atoms with Gasteiger partial charge in [0.25, 0.3) is 5.91 Å². The molecular weight excluding hydrogens is 350 g/mol. The van der Waals surface area contributed by atoms with Crippen LogP contribution in [0.25, 0.3) is 0 Å². The van der Waals surface area contributed by atoms with Crippen molar-refractivity contribution in [2.45, 2.75) is 18.9 Å². The molecule has 1 aliphatic heterocycles.